The van der Waals surface area contributed by atoms with Crippen LogP contribution in [0.4, 0.5) is 19.0 Å². The Morgan fingerprint density at radius 2 is 2.21 bits per heavy atom. The zero-order valence-corrected chi connectivity index (χ0v) is 12.5. The smallest absolute Gasteiger partial charge is 0.410 e. The van der Waals surface area contributed by atoms with Crippen molar-refractivity contribution in [3.05, 3.63) is 41.6 Å². The largest absolute Gasteiger partial charge is 0.545 e. The molecule has 0 fully saturated rings. The molecule has 0 saturated heterocycles. The monoisotopic (exact) mass is 340 g/mol. The number of carbonyl (C=O) groups excluding carboxylic acids is 1. The van der Waals surface area contributed by atoms with Gasteiger partial charge in [0.25, 0.3) is 0 Å². The molecule has 1 aromatic heterocycles. The topological polar surface area (TPSA) is 79.2 Å². The van der Waals surface area contributed by atoms with Gasteiger partial charge in [0.2, 0.25) is 0 Å². The van der Waals surface area contributed by atoms with Crippen LogP contribution in [0.25, 0.3) is 0 Å². The van der Waals surface area contributed by atoms with Gasteiger partial charge < -0.3 is 20.0 Å². The summed E-state index contributed by atoms with van der Waals surface area (Å²) in [6.45, 7) is 0. The van der Waals surface area contributed by atoms with E-state index in [0.29, 0.717) is 16.0 Å². The Balaban J connectivity index is 2.05. The Labute approximate surface area is 134 Å². The summed E-state index contributed by atoms with van der Waals surface area (Å²) in [5.74, 6) is -1.30. The molecule has 0 spiro atoms. The molecule has 1 aromatic carbocycles. The van der Waals surface area contributed by atoms with Gasteiger partial charge in [-0.05, 0) is 17.7 Å². The van der Waals surface area contributed by atoms with E-state index >= 15 is 0 Å². The van der Waals surface area contributed by atoms with Crippen LogP contribution in [0.3, 0.4) is 0 Å². The number of methoxy groups -OCH3 is 1. The third-order valence-corrected chi connectivity index (χ3v) is 3.95. The van der Waals surface area contributed by atoms with Gasteiger partial charge >= 0.3 is 6.18 Å². The highest BCUT2D eigenvalue weighted by atomic mass is 19.4. The summed E-state index contributed by atoms with van der Waals surface area (Å²) in [6.07, 6.45) is -4.02. The molecule has 0 bridgehead atoms. The van der Waals surface area contributed by atoms with E-state index in [-0.39, 0.29) is 12.2 Å². The molecule has 0 amide bonds. The van der Waals surface area contributed by atoms with Gasteiger partial charge in [-0.1, -0.05) is 12.1 Å². The summed E-state index contributed by atoms with van der Waals surface area (Å²) < 4.78 is 45.9. The van der Waals surface area contributed by atoms with E-state index < -0.39 is 29.8 Å². The van der Waals surface area contributed by atoms with E-state index in [2.05, 4.69) is 10.4 Å². The van der Waals surface area contributed by atoms with Crippen molar-refractivity contribution in [3.8, 4) is 5.75 Å². The minimum absolute atomic E-state index is 0.212. The van der Waals surface area contributed by atoms with Gasteiger partial charge in [-0.2, -0.15) is 18.3 Å². The molecule has 6 nitrogen and oxygen atoms in total. The van der Waals surface area contributed by atoms with Crippen LogP contribution in [0, 0.1) is 0 Å². The Morgan fingerprint density at radius 1 is 1.46 bits per heavy atom. The van der Waals surface area contributed by atoms with E-state index in [1.807, 2.05) is 0 Å². The molecular weight excluding hydrogens is 327 g/mol. The Hall–Kier alpha value is -2.71. The summed E-state index contributed by atoms with van der Waals surface area (Å²) in [4.78, 5) is 11.1. The maximum atomic E-state index is 13.4. The van der Waals surface area contributed by atoms with Crippen LogP contribution < -0.4 is 15.2 Å². The van der Waals surface area contributed by atoms with Crippen molar-refractivity contribution < 1.29 is 27.8 Å². The molecule has 1 aliphatic heterocycles. The average Bonchev–Trinajstić information content (AvgIpc) is 2.97. The number of hydrogen-bond donors (Lipinski definition) is 1. The van der Waals surface area contributed by atoms with E-state index in [4.69, 9.17) is 4.74 Å². The number of benzene rings is 1. The fourth-order valence-corrected chi connectivity index (χ4v) is 2.79. The number of nitrogens with one attached hydrogen (secondary N) is 1. The molecule has 24 heavy (non-hydrogen) atoms. The van der Waals surface area contributed by atoms with Crippen LogP contribution in [0.15, 0.2) is 30.5 Å². The molecule has 128 valence electrons. The van der Waals surface area contributed by atoms with E-state index in [1.54, 1.807) is 24.3 Å². The molecule has 2 aromatic rings. The predicted octanol–water partition coefficient (Wildman–Crippen LogP) is 1.92. The van der Waals surface area contributed by atoms with Gasteiger partial charge in [-0.15, -0.1) is 0 Å². The molecule has 9 heteroatoms. The first-order valence-electron chi connectivity index (χ1n) is 7.07. The Bertz CT molecular complexity index is 773. The van der Waals surface area contributed by atoms with Gasteiger partial charge in [-0.3, -0.25) is 0 Å². The van der Waals surface area contributed by atoms with E-state index in [0.717, 1.165) is 6.20 Å². The molecule has 2 atom stereocenters. The number of carboxylic acid groups (broad SMARTS) is 1. The minimum Gasteiger partial charge on any atom is -0.545 e. The summed E-state index contributed by atoms with van der Waals surface area (Å²) in [5, 5.41) is 17.5. The zero-order valence-electron chi connectivity index (χ0n) is 12.5. The van der Waals surface area contributed by atoms with Gasteiger partial charge in [0.05, 0.1) is 30.9 Å². The fourth-order valence-electron chi connectivity index (χ4n) is 2.79. The number of ether oxygens (including phenoxy) is 1. The van der Waals surface area contributed by atoms with E-state index in [1.165, 1.54) is 7.11 Å². The number of carboxylic acids is 1. The van der Waals surface area contributed by atoms with Crippen molar-refractivity contribution in [2.45, 2.75) is 24.7 Å². The maximum absolute atomic E-state index is 13.4. The fraction of sp³-hybridized carbons (Fsp3) is 0.333. The van der Waals surface area contributed by atoms with E-state index in [9.17, 15) is 23.1 Å². The molecule has 1 N–H and O–H groups in total. The number of alkyl halides is 3. The third-order valence-electron chi connectivity index (χ3n) is 3.95. The van der Waals surface area contributed by atoms with Crippen molar-refractivity contribution in [3.63, 3.8) is 0 Å². The average molecular weight is 340 g/mol. The van der Waals surface area contributed by atoms with Crippen LogP contribution in [0.1, 0.15) is 34.4 Å². The highest BCUT2D eigenvalue weighted by molar-refractivity contribution is 5.91. The van der Waals surface area contributed by atoms with Gasteiger partial charge in [0.1, 0.15) is 11.6 Å². The molecule has 0 radical (unpaired) electrons. The first-order chi connectivity index (χ1) is 11.3. The number of halogens is 3. The molecular formula is C15H13F3N3O3-. The Morgan fingerprint density at radius 3 is 2.83 bits per heavy atom. The van der Waals surface area contributed by atoms with Crippen molar-refractivity contribution in [1.29, 1.82) is 0 Å². The second-order valence-electron chi connectivity index (χ2n) is 5.41. The predicted molar refractivity (Wildman–Crippen MR) is 75.6 cm³/mol. The van der Waals surface area contributed by atoms with Crippen LogP contribution in [-0.4, -0.2) is 29.0 Å². The third kappa shape index (κ3) is 2.77. The van der Waals surface area contributed by atoms with Gasteiger partial charge in [-0.25, -0.2) is 4.68 Å². The maximum Gasteiger partial charge on any atom is 0.410 e. The van der Waals surface area contributed by atoms with Gasteiger partial charge in [0.15, 0.2) is 6.04 Å². The van der Waals surface area contributed by atoms with Crippen LogP contribution >= 0.6 is 0 Å². The second-order valence-corrected chi connectivity index (χ2v) is 5.41. The minimum atomic E-state index is -4.57. The summed E-state index contributed by atoms with van der Waals surface area (Å²) in [5.41, 5.74) is 0.150. The highest BCUT2D eigenvalue weighted by Gasteiger charge is 2.47. The lowest BCUT2D eigenvalue weighted by molar-refractivity contribution is -0.255. The molecule has 1 aliphatic rings. The number of fused-ring (bicyclic) bond motifs is 1. The lowest BCUT2D eigenvalue weighted by Gasteiger charge is -2.34. The molecule has 2 heterocycles. The lowest BCUT2D eigenvalue weighted by atomic mass is 9.96. The number of aromatic carboxylic acids is 1. The van der Waals surface area contributed by atoms with Crippen LogP contribution in [0.2, 0.25) is 0 Å². The molecule has 0 aliphatic carbocycles. The number of anilines is 1. The molecule has 0 saturated carbocycles. The first kappa shape index (κ1) is 16.2. The zero-order chi connectivity index (χ0) is 17.5. The number of aromatic nitrogens is 2. The Kier molecular flexibility index (Phi) is 3.86. The lowest BCUT2D eigenvalue weighted by Crippen LogP contribution is -2.36. The molecule has 3 rings (SSSR count). The summed E-state index contributed by atoms with van der Waals surface area (Å²) in [6, 6.07) is 3.91. The van der Waals surface area contributed by atoms with Crippen LogP contribution in [-0.2, 0) is 0 Å². The normalized spacial score (nSPS) is 20.2. The first-order valence-corrected chi connectivity index (χ1v) is 7.07. The number of rotatable bonds is 3. The quantitative estimate of drug-likeness (QED) is 0.923. The van der Waals surface area contributed by atoms with Crippen LogP contribution in [0.5, 0.6) is 5.75 Å². The van der Waals surface area contributed by atoms with Crippen molar-refractivity contribution >= 4 is 11.8 Å². The number of hydrogen-bond acceptors (Lipinski definition) is 5. The SMILES string of the molecule is COc1cccc(C2CC(C(F)(F)F)n3ncc(C(=O)[O-])c3N2)c1. The molecule has 2 unspecified atom stereocenters. The number of nitrogens with zero attached hydrogens (tertiary/aromatic N) is 2. The van der Waals surface area contributed by atoms with Crippen molar-refractivity contribution in [2.75, 3.05) is 12.4 Å². The summed E-state index contributed by atoms with van der Waals surface area (Å²) >= 11 is 0. The van der Waals surface area contributed by atoms with Gasteiger partial charge in [0, 0.05) is 6.42 Å². The second kappa shape index (κ2) is 5.73. The number of carbonyl (C=O) groups is 1. The highest BCUT2D eigenvalue weighted by Crippen LogP contribution is 2.44. The van der Waals surface area contributed by atoms with Crippen molar-refractivity contribution in [2.24, 2.45) is 0 Å². The standard InChI is InChI=1S/C15H14F3N3O3/c1-24-9-4-2-3-8(5-9)11-6-12(15(16,17)18)21-13(20-11)10(7-19-21)14(22)23/h2-5,7,11-12,20H,6H2,1H3,(H,22,23)/p-1. The summed E-state index contributed by atoms with van der Waals surface area (Å²) in [7, 11) is 1.45. The van der Waals surface area contributed by atoms with Crippen molar-refractivity contribution in [1.82, 2.24) is 9.78 Å².